The first kappa shape index (κ1) is 16.8. The second kappa shape index (κ2) is 8.14. The van der Waals surface area contributed by atoms with Gasteiger partial charge in [0.05, 0.1) is 11.6 Å². The lowest BCUT2D eigenvalue weighted by atomic mass is 10.1. The molecule has 5 nitrogen and oxygen atoms in total. The van der Waals surface area contributed by atoms with E-state index in [1.807, 2.05) is 25.1 Å². The fourth-order valence-corrected chi connectivity index (χ4v) is 2.46. The van der Waals surface area contributed by atoms with E-state index in [1.54, 1.807) is 17.0 Å². The molecule has 1 aromatic heterocycles. The maximum atomic E-state index is 12.7. The third kappa shape index (κ3) is 4.43. The summed E-state index contributed by atoms with van der Waals surface area (Å²) in [6.07, 6.45) is 2.79. The van der Waals surface area contributed by atoms with Gasteiger partial charge in [-0.25, -0.2) is 0 Å². The smallest absolute Gasteiger partial charge is 0.274 e. The summed E-state index contributed by atoms with van der Waals surface area (Å²) < 4.78 is 0. The van der Waals surface area contributed by atoms with Crippen LogP contribution in [-0.2, 0) is 13.0 Å². The normalized spacial score (nSPS) is 10.3. The van der Waals surface area contributed by atoms with Crippen molar-refractivity contribution in [3.05, 3.63) is 52.8 Å². The first-order valence-electron chi connectivity index (χ1n) is 8.00. The Bertz CT molecular complexity index is 682. The maximum Gasteiger partial charge on any atom is 0.274 e. The lowest BCUT2D eigenvalue weighted by molar-refractivity contribution is 0.0737. The standard InChI is InChI=1S/C18H22N4O/c1-3-5-16-11-17(21-20-16)18(23)22(10-4-2)13-15-8-6-14(12-19)7-9-15/h6-9,11H,3-5,10,13H2,1-2H3,(H,20,21). The third-order valence-corrected chi connectivity index (χ3v) is 3.61. The molecule has 0 saturated carbocycles. The van der Waals surface area contributed by atoms with Crippen LogP contribution in [0.2, 0.25) is 0 Å². The maximum absolute atomic E-state index is 12.7. The molecule has 5 heteroatoms. The van der Waals surface area contributed by atoms with Crippen LogP contribution in [0.25, 0.3) is 0 Å². The zero-order chi connectivity index (χ0) is 16.7. The number of nitrogens with one attached hydrogen (secondary N) is 1. The molecule has 2 aromatic rings. The minimum absolute atomic E-state index is 0.0604. The number of carbonyl (C=O) groups is 1. The van der Waals surface area contributed by atoms with Gasteiger partial charge in [0.15, 0.2) is 0 Å². The average molecular weight is 310 g/mol. The van der Waals surface area contributed by atoms with Crippen molar-refractivity contribution in [2.24, 2.45) is 0 Å². The van der Waals surface area contributed by atoms with E-state index in [9.17, 15) is 4.79 Å². The molecule has 120 valence electrons. The van der Waals surface area contributed by atoms with Crippen LogP contribution in [-0.4, -0.2) is 27.5 Å². The molecule has 0 aliphatic rings. The number of aromatic amines is 1. The van der Waals surface area contributed by atoms with E-state index in [2.05, 4.69) is 23.2 Å². The number of aryl methyl sites for hydroxylation is 1. The van der Waals surface area contributed by atoms with Crippen molar-refractivity contribution < 1.29 is 4.79 Å². The van der Waals surface area contributed by atoms with Crippen LogP contribution in [0.15, 0.2) is 30.3 Å². The predicted molar refractivity (Wildman–Crippen MR) is 88.8 cm³/mol. The lowest BCUT2D eigenvalue weighted by Crippen LogP contribution is -2.31. The molecule has 1 heterocycles. The summed E-state index contributed by atoms with van der Waals surface area (Å²) >= 11 is 0. The van der Waals surface area contributed by atoms with E-state index in [0.717, 1.165) is 30.5 Å². The van der Waals surface area contributed by atoms with Gasteiger partial charge < -0.3 is 4.90 Å². The molecule has 1 amide bonds. The van der Waals surface area contributed by atoms with E-state index in [0.29, 0.717) is 24.3 Å². The number of nitrogens with zero attached hydrogens (tertiary/aromatic N) is 3. The van der Waals surface area contributed by atoms with Gasteiger partial charge >= 0.3 is 0 Å². The van der Waals surface area contributed by atoms with Crippen LogP contribution in [0.1, 0.15) is 54.0 Å². The number of carbonyl (C=O) groups excluding carboxylic acids is 1. The highest BCUT2D eigenvalue weighted by Gasteiger charge is 2.18. The van der Waals surface area contributed by atoms with E-state index >= 15 is 0 Å². The Labute approximate surface area is 136 Å². The van der Waals surface area contributed by atoms with Gasteiger partial charge in [0.25, 0.3) is 5.91 Å². The summed E-state index contributed by atoms with van der Waals surface area (Å²) in [6, 6.07) is 11.3. The summed E-state index contributed by atoms with van der Waals surface area (Å²) in [6.45, 7) is 5.34. The molecule has 0 aliphatic carbocycles. The summed E-state index contributed by atoms with van der Waals surface area (Å²) in [5, 5.41) is 15.9. The number of H-pyrrole nitrogens is 1. The zero-order valence-corrected chi connectivity index (χ0v) is 13.7. The average Bonchev–Trinajstić information content (AvgIpc) is 3.03. The van der Waals surface area contributed by atoms with Crippen molar-refractivity contribution in [1.29, 1.82) is 5.26 Å². The van der Waals surface area contributed by atoms with Crippen LogP contribution >= 0.6 is 0 Å². The molecule has 0 spiro atoms. The molecule has 0 fully saturated rings. The monoisotopic (exact) mass is 310 g/mol. The number of rotatable bonds is 7. The molecule has 0 atom stereocenters. The van der Waals surface area contributed by atoms with E-state index < -0.39 is 0 Å². The van der Waals surface area contributed by atoms with Crippen LogP contribution in [0, 0.1) is 11.3 Å². The molecule has 0 saturated heterocycles. The van der Waals surface area contributed by atoms with E-state index in [-0.39, 0.29) is 5.91 Å². The Hall–Kier alpha value is -2.61. The molecule has 0 aliphatic heterocycles. The minimum Gasteiger partial charge on any atom is -0.333 e. The Morgan fingerprint density at radius 1 is 1.26 bits per heavy atom. The molecule has 0 unspecified atom stereocenters. The number of amides is 1. The van der Waals surface area contributed by atoms with Crippen molar-refractivity contribution in [2.75, 3.05) is 6.54 Å². The number of hydrogen-bond acceptors (Lipinski definition) is 3. The third-order valence-electron chi connectivity index (χ3n) is 3.61. The largest absolute Gasteiger partial charge is 0.333 e. The van der Waals surface area contributed by atoms with Gasteiger partial charge in [-0.2, -0.15) is 10.4 Å². The molecule has 0 radical (unpaired) electrons. The first-order valence-corrected chi connectivity index (χ1v) is 8.00. The quantitative estimate of drug-likeness (QED) is 0.853. The van der Waals surface area contributed by atoms with Crippen LogP contribution in [0.3, 0.4) is 0 Å². The second-order valence-electron chi connectivity index (χ2n) is 5.56. The van der Waals surface area contributed by atoms with Crippen molar-refractivity contribution in [3.8, 4) is 6.07 Å². The fraction of sp³-hybridized carbons (Fsp3) is 0.389. The highest BCUT2D eigenvalue weighted by atomic mass is 16.2. The van der Waals surface area contributed by atoms with Crippen molar-refractivity contribution >= 4 is 5.91 Å². The molecule has 1 aromatic carbocycles. The Kier molecular flexibility index (Phi) is 5.93. The van der Waals surface area contributed by atoms with Crippen molar-refractivity contribution in [1.82, 2.24) is 15.1 Å². The number of benzene rings is 1. The van der Waals surface area contributed by atoms with Crippen LogP contribution in [0.5, 0.6) is 0 Å². The topological polar surface area (TPSA) is 72.8 Å². The number of nitriles is 1. The van der Waals surface area contributed by atoms with Gasteiger partial charge in [-0.05, 0) is 36.6 Å². The molecule has 0 bridgehead atoms. The summed E-state index contributed by atoms with van der Waals surface area (Å²) in [5.74, 6) is -0.0604. The van der Waals surface area contributed by atoms with E-state index in [4.69, 9.17) is 5.26 Å². The highest BCUT2D eigenvalue weighted by molar-refractivity contribution is 5.92. The van der Waals surface area contributed by atoms with Gasteiger partial charge in [-0.15, -0.1) is 0 Å². The number of aromatic nitrogens is 2. The Morgan fingerprint density at radius 3 is 2.61 bits per heavy atom. The van der Waals surface area contributed by atoms with Crippen LogP contribution in [0.4, 0.5) is 0 Å². The Morgan fingerprint density at radius 2 is 2.00 bits per heavy atom. The molecular formula is C18H22N4O. The fourth-order valence-electron chi connectivity index (χ4n) is 2.46. The SMILES string of the molecule is CCCc1cc(C(=O)N(CCC)Cc2ccc(C#N)cc2)n[nH]1. The second-order valence-corrected chi connectivity index (χ2v) is 5.56. The van der Waals surface area contributed by atoms with Crippen molar-refractivity contribution in [2.45, 2.75) is 39.7 Å². The van der Waals surface area contributed by atoms with Gasteiger partial charge in [-0.1, -0.05) is 32.4 Å². The van der Waals surface area contributed by atoms with Crippen LogP contribution < -0.4 is 0 Å². The van der Waals surface area contributed by atoms with Gasteiger partial charge in [0.2, 0.25) is 0 Å². The zero-order valence-electron chi connectivity index (χ0n) is 13.7. The predicted octanol–water partition coefficient (Wildman–Crippen LogP) is 3.29. The molecule has 23 heavy (non-hydrogen) atoms. The summed E-state index contributed by atoms with van der Waals surface area (Å²) in [7, 11) is 0. The highest BCUT2D eigenvalue weighted by Crippen LogP contribution is 2.12. The minimum atomic E-state index is -0.0604. The summed E-state index contributed by atoms with van der Waals surface area (Å²) in [4.78, 5) is 14.5. The van der Waals surface area contributed by atoms with Crippen molar-refractivity contribution in [3.63, 3.8) is 0 Å². The van der Waals surface area contributed by atoms with E-state index in [1.165, 1.54) is 0 Å². The van der Waals surface area contributed by atoms with Gasteiger partial charge in [0.1, 0.15) is 5.69 Å². The molecule has 2 rings (SSSR count). The first-order chi connectivity index (χ1) is 11.2. The number of hydrogen-bond donors (Lipinski definition) is 1. The lowest BCUT2D eigenvalue weighted by Gasteiger charge is -2.21. The van der Waals surface area contributed by atoms with Gasteiger partial charge in [-0.3, -0.25) is 9.89 Å². The molecule has 1 N–H and O–H groups in total. The molecular weight excluding hydrogens is 288 g/mol. The van der Waals surface area contributed by atoms with Gasteiger partial charge in [0, 0.05) is 18.8 Å². The summed E-state index contributed by atoms with van der Waals surface area (Å²) in [5.41, 5.74) is 3.09. The Balaban J connectivity index is 2.12.